The standard InChI is InChI=1S/C23H20Cl2F3NO3/c1-3-31-22(30)19-13-21(18-9-4-15(24)12-20(18)25)29(14(19)2)16-5-7-17(8-6-16)32-11-10-23(26,27)28/h4-9,12-13H,3,10-11H2,1-2H3. The van der Waals surface area contributed by atoms with Crippen molar-refractivity contribution in [3.05, 3.63) is 69.8 Å². The quantitative estimate of drug-likeness (QED) is 0.330. The molecule has 0 radical (unpaired) electrons. The molecule has 2 aromatic carbocycles. The van der Waals surface area contributed by atoms with Crippen molar-refractivity contribution in [3.63, 3.8) is 0 Å². The maximum Gasteiger partial charge on any atom is 0.392 e. The third-order valence-electron chi connectivity index (χ3n) is 4.70. The van der Waals surface area contributed by atoms with Crippen LogP contribution in [0.5, 0.6) is 5.75 Å². The maximum absolute atomic E-state index is 12.5. The van der Waals surface area contributed by atoms with Crippen molar-refractivity contribution in [2.24, 2.45) is 0 Å². The molecule has 4 nitrogen and oxygen atoms in total. The number of ether oxygens (including phenoxy) is 2. The second kappa shape index (κ2) is 9.88. The minimum absolute atomic E-state index is 0.227. The molecule has 9 heteroatoms. The molecule has 3 rings (SSSR count). The molecule has 0 amide bonds. The van der Waals surface area contributed by atoms with Crippen LogP contribution in [0, 0.1) is 6.92 Å². The number of nitrogens with zero attached hydrogens (tertiary/aromatic N) is 1. The third-order valence-corrected chi connectivity index (χ3v) is 5.25. The van der Waals surface area contributed by atoms with Gasteiger partial charge in [0, 0.05) is 22.0 Å². The largest absolute Gasteiger partial charge is 0.493 e. The summed E-state index contributed by atoms with van der Waals surface area (Å²) >= 11 is 12.4. The number of halogens is 5. The molecule has 0 bridgehead atoms. The molecule has 170 valence electrons. The summed E-state index contributed by atoms with van der Waals surface area (Å²) in [6, 6.07) is 13.3. The number of alkyl halides is 3. The van der Waals surface area contributed by atoms with Crippen molar-refractivity contribution in [2.45, 2.75) is 26.4 Å². The van der Waals surface area contributed by atoms with Gasteiger partial charge in [0.05, 0.1) is 35.9 Å². The van der Waals surface area contributed by atoms with Crippen LogP contribution in [-0.4, -0.2) is 29.9 Å². The van der Waals surface area contributed by atoms with Gasteiger partial charge in [-0.3, -0.25) is 0 Å². The predicted octanol–water partition coefficient (Wildman–Crippen LogP) is 7.27. The van der Waals surface area contributed by atoms with Crippen molar-refractivity contribution in [1.82, 2.24) is 4.57 Å². The number of esters is 1. The van der Waals surface area contributed by atoms with E-state index in [1.165, 1.54) is 0 Å². The van der Waals surface area contributed by atoms with Gasteiger partial charge in [-0.05, 0) is 62.4 Å². The zero-order valence-electron chi connectivity index (χ0n) is 17.3. The predicted molar refractivity (Wildman–Crippen MR) is 118 cm³/mol. The van der Waals surface area contributed by atoms with Crippen LogP contribution in [0.15, 0.2) is 48.5 Å². The number of hydrogen-bond acceptors (Lipinski definition) is 3. The minimum Gasteiger partial charge on any atom is -0.493 e. The van der Waals surface area contributed by atoms with Gasteiger partial charge in [-0.25, -0.2) is 4.79 Å². The van der Waals surface area contributed by atoms with E-state index in [1.54, 1.807) is 62.4 Å². The lowest BCUT2D eigenvalue weighted by molar-refractivity contribution is -0.139. The fourth-order valence-corrected chi connectivity index (χ4v) is 3.73. The lowest BCUT2D eigenvalue weighted by Gasteiger charge is -2.14. The monoisotopic (exact) mass is 485 g/mol. The molecule has 0 fully saturated rings. The van der Waals surface area contributed by atoms with E-state index < -0.39 is 25.2 Å². The van der Waals surface area contributed by atoms with Crippen LogP contribution in [0.3, 0.4) is 0 Å². The summed E-state index contributed by atoms with van der Waals surface area (Å²) in [5.41, 5.74) is 2.95. The van der Waals surface area contributed by atoms with Crippen molar-refractivity contribution in [2.75, 3.05) is 13.2 Å². The van der Waals surface area contributed by atoms with E-state index in [0.717, 1.165) is 0 Å². The zero-order chi connectivity index (χ0) is 23.5. The highest BCUT2D eigenvalue weighted by atomic mass is 35.5. The minimum atomic E-state index is -4.28. The number of aromatic nitrogens is 1. The van der Waals surface area contributed by atoms with E-state index in [1.807, 2.05) is 4.57 Å². The van der Waals surface area contributed by atoms with Crippen LogP contribution >= 0.6 is 23.2 Å². The highest BCUT2D eigenvalue weighted by Gasteiger charge is 2.27. The second-order valence-corrected chi connectivity index (χ2v) is 7.76. The summed E-state index contributed by atoms with van der Waals surface area (Å²) in [6.45, 7) is 3.25. The summed E-state index contributed by atoms with van der Waals surface area (Å²) < 4.78 is 49.2. The normalized spacial score (nSPS) is 11.5. The lowest BCUT2D eigenvalue weighted by Crippen LogP contribution is -2.13. The van der Waals surface area contributed by atoms with E-state index in [-0.39, 0.29) is 6.61 Å². The van der Waals surface area contributed by atoms with Gasteiger partial charge in [0.1, 0.15) is 5.75 Å². The van der Waals surface area contributed by atoms with E-state index >= 15 is 0 Å². The number of hydrogen-bond donors (Lipinski definition) is 0. The number of rotatable bonds is 7. The lowest BCUT2D eigenvalue weighted by atomic mass is 10.1. The van der Waals surface area contributed by atoms with E-state index in [0.29, 0.717) is 44.0 Å². The van der Waals surface area contributed by atoms with Gasteiger partial charge in [-0.15, -0.1) is 0 Å². The molecule has 3 aromatic rings. The average Bonchev–Trinajstić information content (AvgIpc) is 3.05. The molecule has 0 aliphatic heterocycles. The Bertz CT molecular complexity index is 1110. The van der Waals surface area contributed by atoms with Crippen LogP contribution < -0.4 is 4.74 Å². The highest BCUT2D eigenvalue weighted by Crippen LogP contribution is 2.36. The van der Waals surface area contributed by atoms with E-state index in [4.69, 9.17) is 32.7 Å². The Labute approximate surface area is 193 Å². The van der Waals surface area contributed by atoms with Crippen LogP contribution in [-0.2, 0) is 4.74 Å². The molecule has 0 atom stereocenters. The van der Waals surface area contributed by atoms with Crippen molar-refractivity contribution >= 4 is 29.2 Å². The first kappa shape index (κ1) is 24.0. The summed E-state index contributed by atoms with van der Waals surface area (Å²) in [6.07, 6.45) is -5.31. The zero-order valence-corrected chi connectivity index (χ0v) is 18.8. The smallest absolute Gasteiger partial charge is 0.392 e. The highest BCUT2D eigenvalue weighted by molar-refractivity contribution is 6.36. The average molecular weight is 486 g/mol. The molecule has 1 aromatic heterocycles. The summed E-state index contributed by atoms with van der Waals surface area (Å²) in [5, 5.41) is 0.873. The van der Waals surface area contributed by atoms with Crippen LogP contribution in [0.25, 0.3) is 16.9 Å². The maximum atomic E-state index is 12.5. The Hall–Kier alpha value is -2.64. The first-order valence-corrected chi connectivity index (χ1v) is 10.5. The Morgan fingerprint density at radius 3 is 2.34 bits per heavy atom. The molecule has 0 aliphatic carbocycles. The van der Waals surface area contributed by atoms with Crippen molar-refractivity contribution < 1.29 is 27.4 Å². The molecule has 32 heavy (non-hydrogen) atoms. The van der Waals surface area contributed by atoms with Gasteiger partial charge >= 0.3 is 12.1 Å². The molecule has 0 unspecified atom stereocenters. The molecular formula is C23H20Cl2F3NO3. The first-order valence-electron chi connectivity index (χ1n) is 9.75. The van der Waals surface area contributed by atoms with Crippen LogP contribution in [0.2, 0.25) is 10.0 Å². The molecule has 0 N–H and O–H groups in total. The topological polar surface area (TPSA) is 40.5 Å². The molecule has 0 aliphatic rings. The van der Waals surface area contributed by atoms with Gasteiger partial charge in [-0.2, -0.15) is 13.2 Å². The fraction of sp³-hybridized carbons (Fsp3) is 0.261. The Morgan fingerprint density at radius 2 is 1.75 bits per heavy atom. The van der Waals surface area contributed by atoms with Crippen LogP contribution in [0.4, 0.5) is 13.2 Å². The Kier molecular flexibility index (Phi) is 7.41. The van der Waals surface area contributed by atoms with E-state index in [9.17, 15) is 18.0 Å². The summed E-state index contributed by atoms with van der Waals surface area (Å²) in [7, 11) is 0. The molecule has 0 saturated heterocycles. The fourth-order valence-electron chi connectivity index (χ4n) is 3.23. The number of carbonyl (C=O) groups excluding carboxylic acids is 1. The van der Waals surface area contributed by atoms with Gasteiger partial charge in [0.2, 0.25) is 0 Å². The second-order valence-electron chi connectivity index (χ2n) is 6.92. The Balaban J connectivity index is 2.01. The van der Waals surface area contributed by atoms with E-state index in [2.05, 4.69) is 0 Å². The Morgan fingerprint density at radius 1 is 1.06 bits per heavy atom. The molecular weight excluding hydrogens is 466 g/mol. The molecule has 0 saturated carbocycles. The van der Waals surface area contributed by atoms with Crippen LogP contribution in [0.1, 0.15) is 29.4 Å². The van der Waals surface area contributed by atoms with Gasteiger partial charge in [-0.1, -0.05) is 23.2 Å². The summed E-state index contributed by atoms with van der Waals surface area (Å²) in [5.74, 6) is -0.165. The number of benzene rings is 2. The molecule has 1 heterocycles. The van der Waals surface area contributed by atoms with Crippen molar-refractivity contribution in [3.8, 4) is 22.7 Å². The third kappa shape index (κ3) is 5.58. The van der Waals surface area contributed by atoms with Gasteiger partial charge in [0.15, 0.2) is 0 Å². The van der Waals surface area contributed by atoms with Gasteiger partial charge in [0.25, 0.3) is 0 Å². The van der Waals surface area contributed by atoms with Crippen molar-refractivity contribution in [1.29, 1.82) is 0 Å². The first-order chi connectivity index (χ1) is 15.1. The number of carbonyl (C=O) groups is 1. The SMILES string of the molecule is CCOC(=O)c1cc(-c2ccc(Cl)cc2Cl)n(-c2ccc(OCCC(F)(F)F)cc2)c1C. The molecule has 0 spiro atoms. The summed E-state index contributed by atoms with van der Waals surface area (Å²) in [4.78, 5) is 12.5. The van der Waals surface area contributed by atoms with Gasteiger partial charge < -0.3 is 14.0 Å².